The van der Waals surface area contributed by atoms with E-state index in [4.69, 9.17) is 11.6 Å². The topological polar surface area (TPSA) is 29.1 Å². The van der Waals surface area contributed by atoms with E-state index in [-0.39, 0.29) is 11.7 Å². The van der Waals surface area contributed by atoms with Crippen molar-refractivity contribution in [2.75, 3.05) is 5.32 Å². The van der Waals surface area contributed by atoms with Gasteiger partial charge in [-0.2, -0.15) is 0 Å². The van der Waals surface area contributed by atoms with E-state index in [9.17, 15) is 9.18 Å². The highest BCUT2D eigenvalue weighted by molar-refractivity contribution is 7.21. The second-order valence-corrected chi connectivity index (χ2v) is 7.42. The average molecular weight is 360 g/mol. The van der Waals surface area contributed by atoms with Crippen LogP contribution in [0.5, 0.6) is 0 Å². The number of anilines is 1. The van der Waals surface area contributed by atoms with Gasteiger partial charge in [-0.1, -0.05) is 23.7 Å². The average Bonchev–Trinajstić information content (AvgIpc) is 2.91. The van der Waals surface area contributed by atoms with Gasteiger partial charge in [-0.05, 0) is 61.1 Å². The monoisotopic (exact) mass is 359 g/mol. The van der Waals surface area contributed by atoms with Gasteiger partial charge < -0.3 is 5.32 Å². The third kappa shape index (κ3) is 2.70. The minimum absolute atomic E-state index is 0.236. The molecule has 2 aromatic carbocycles. The van der Waals surface area contributed by atoms with Crippen LogP contribution < -0.4 is 5.32 Å². The molecule has 1 aliphatic carbocycles. The van der Waals surface area contributed by atoms with Crippen LogP contribution in [-0.2, 0) is 12.8 Å². The number of benzene rings is 2. The van der Waals surface area contributed by atoms with Crippen LogP contribution in [0.15, 0.2) is 36.4 Å². The van der Waals surface area contributed by atoms with Crippen LogP contribution in [-0.4, -0.2) is 5.91 Å². The van der Waals surface area contributed by atoms with Crippen molar-refractivity contribution in [3.63, 3.8) is 0 Å². The van der Waals surface area contributed by atoms with Crippen LogP contribution in [0.3, 0.4) is 0 Å². The van der Waals surface area contributed by atoms with Crippen molar-refractivity contribution in [2.24, 2.45) is 0 Å². The largest absolute Gasteiger partial charge is 0.321 e. The van der Waals surface area contributed by atoms with Gasteiger partial charge in [0.2, 0.25) is 0 Å². The van der Waals surface area contributed by atoms with E-state index >= 15 is 0 Å². The molecule has 0 saturated heterocycles. The Hall–Kier alpha value is -1.91. The second kappa shape index (κ2) is 6.19. The van der Waals surface area contributed by atoms with Crippen LogP contribution in [0.2, 0.25) is 5.02 Å². The molecule has 2 nitrogen and oxygen atoms in total. The van der Waals surface area contributed by atoms with Gasteiger partial charge in [0.15, 0.2) is 0 Å². The van der Waals surface area contributed by atoms with Gasteiger partial charge in [0.1, 0.15) is 10.7 Å². The highest BCUT2D eigenvalue weighted by atomic mass is 35.5. The van der Waals surface area contributed by atoms with Crippen molar-refractivity contribution in [3.05, 3.63) is 63.2 Å². The molecule has 0 fully saturated rings. The summed E-state index contributed by atoms with van der Waals surface area (Å²) in [6.45, 7) is 0. The number of hydrogen-bond donors (Lipinski definition) is 1. The van der Waals surface area contributed by atoms with Gasteiger partial charge in [0.05, 0.1) is 5.02 Å². The maximum absolute atomic E-state index is 13.4. The van der Waals surface area contributed by atoms with E-state index in [1.165, 1.54) is 41.0 Å². The van der Waals surface area contributed by atoms with Gasteiger partial charge in [-0.25, -0.2) is 4.39 Å². The lowest BCUT2D eigenvalue weighted by atomic mass is 9.90. The lowest BCUT2D eigenvalue weighted by Gasteiger charge is -2.19. The zero-order valence-electron chi connectivity index (χ0n) is 12.9. The molecule has 0 radical (unpaired) electrons. The Balaban J connectivity index is 1.69. The van der Waals surface area contributed by atoms with Crippen LogP contribution in [0.4, 0.5) is 10.1 Å². The smallest absolute Gasteiger partial charge is 0.267 e. The van der Waals surface area contributed by atoms with Crippen molar-refractivity contribution in [3.8, 4) is 0 Å². The van der Waals surface area contributed by atoms with Gasteiger partial charge in [-0.15, -0.1) is 11.3 Å². The molecule has 1 amide bonds. The number of thiophene rings is 1. The molecular formula is C19H15ClFNOS. The Kier molecular flexibility index (Phi) is 4.02. The van der Waals surface area contributed by atoms with E-state index in [1.807, 2.05) is 12.1 Å². The van der Waals surface area contributed by atoms with E-state index in [0.29, 0.717) is 20.0 Å². The Morgan fingerprint density at radius 3 is 2.88 bits per heavy atom. The lowest BCUT2D eigenvalue weighted by molar-refractivity contribution is 0.103. The fraction of sp³-hybridized carbons (Fsp3) is 0.211. The zero-order chi connectivity index (χ0) is 16.7. The van der Waals surface area contributed by atoms with Crippen LogP contribution in [0.25, 0.3) is 10.1 Å². The lowest BCUT2D eigenvalue weighted by Crippen LogP contribution is -2.14. The molecule has 0 saturated carbocycles. The third-order valence-corrected chi connectivity index (χ3v) is 6.10. The summed E-state index contributed by atoms with van der Waals surface area (Å²) in [5.41, 5.74) is 3.39. The molecule has 3 aromatic rings. The van der Waals surface area contributed by atoms with Gasteiger partial charge in [-0.3, -0.25) is 4.79 Å². The Bertz CT molecular complexity index is 950. The Morgan fingerprint density at radius 1 is 1.17 bits per heavy atom. The summed E-state index contributed by atoms with van der Waals surface area (Å²) >= 11 is 7.56. The van der Waals surface area contributed by atoms with Crippen molar-refractivity contribution in [2.45, 2.75) is 25.7 Å². The summed E-state index contributed by atoms with van der Waals surface area (Å²) in [5.74, 6) is -0.565. The van der Waals surface area contributed by atoms with Gasteiger partial charge in [0.25, 0.3) is 5.91 Å². The summed E-state index contributed by atoms with van der Waals surface area (Å²) in [4.78, 5) is 13.1. The molecule has 1 aromatic heterocycles. The van der Waals surface area contributed by atoms with Crippen LogP contribution in [0, 0.1) is 5.82 Å². The molecule has 24 heavy (non-hydrogen) atoms. The van der Waals surface area contributed by atoms with Gasteiger partial charge in [0, 0.05) is 15.8 Å². The first-order valence-electron chi connectivity index (χ1n) is 7.93. The number of hydrogen-bond acceptors (Lipinski definition) is 2. The van der Waals surface area contributed by atoms with E-state index in [2.05, 4.69) is 11.4 Å². The SMILES string of the molecule is O=C(Nc1cccc2c1CCCC2)c1sc2cc(F)ccc2c1Cl. The summed E-state index contributed by atoms with van der Waals surface area (Å²) in [5, 5.41) is 4.09. The number of halogens is 2. The molecule has 5 heteroatoms. The molecular weight excluding hydrogens is 345 g/mol. The van der Waals surface area contributed by atoms with Crippen LogP contribution >= 0.6 is 22.9 Å². The van der Waals surface area contributed by atoms with Crippen molar-refractivity contribution in [1.29, 1.82) is 0 Å². The maximum Gasteiger partial charge on any atom is 0.267 e. The zero-order valence-corrected chi connectivity index (χ0v) is 14.4. The molecule has 0 spiro atoms. The van der Waals surface area contributed by atoms with Crippen LogP contribution in [0.1, 0.15) is 33.6 Å². The number of fused-ring (bicyclic) bond motifs is 2. The summed E-state index contributed by atoms with van der Waals surface area (Å²) in [6.07, 6.45) is 4.38. The Morgan fingerprint density at radius 2 is 2.00 bits per heavy atom. The minimum atomic E-state index is -0.329. The van der Waals surface area contributed by atoms with Crippen molar-refractivity contribution >= 4 is 44.6 Å². The molecule has 1 aliphatic rings. The Labute approximate surface area is 148 Å². The maximum atomic E-state index is 13.4. The minimum Gasteiger partial charge on any atom is -0.321 e. The van der Waals surface area contributed by atoms with E-state index < -0.39 is 0 Å². The van der Waals surface area contributed by atoms with E-state index in [0.717, 1.165) is 24.9 Å². The molecule has 0 unspecified atom stereocenters. The van der Waals surface area contributed by atoms with Crippen molar-refractivity contribution < 1.29 is 9.18 Å². The molecule has 1 heterocycles. The van der Waals surface area contributed by atoms with Crippen molar-refractivity contribution in [1.82, 2.24) is 0 Å². The first-order chi connectivity index (χ1) is 11.6. The molecule has 4 rings (SSSR count). The first-order valence-corrected chi connectivity index (χ1v) is 9.12. The quantitative estimate of drug-likeness (QED) is 0.613. The summed E-state index contributed by atoms with van der Waals surface area (Å²) in [6, 6.07) is 10.4. The fourth-order valence-electron chi connectivity index (χ4n) is 3.26. The van der Waals surface area contributed by atoms with E-state index in [1.54, 1.807) is 6.07 Å². The second-order valence-electron chi connectivity index (χ2n) is 5.99. The van der Waals surface area contributed by atoms with Gasteiger partial charge >= 0.3 is 0 Å². The highest BCUT2D eigenvalue weighted by Gasteiger charge is 2.20. The fourth-order valence-corrected chi connectivity index (χ4v) is 4.70. The predicted octanol–water partition coefficient (Wildman–Crippen LogP) is 5.82. The predicted molar refractivity (Wildman–Crippen MR) is 97.8 cm³/mol. The molecule has 0 aliphatic heterocycles. The molecule has 0 atom stereocenters. The number of carbonyl (C=O) groups is 1. The molecule has 122 valence electrons. The first kappa shape index (κ1) is 15.6. The summed E-state index contributed by atoms with van der Waals surface area (Å²) in [7, 11) is 0. The number of carbonyl (C=O) groups excluding carboxylic acids is 1. The molecule has 1 N–H and O–H groups in total. The normalized spacial score (nSPS) is 13.8. The molecule has 0 bridgehead atoms. The number of nitrogens with one attached hydrogen (secondary N) is 1. The third-order valence-electron chi connectivity index (χ3n) is 4.44. The number of rotatable bonds is 2. The summed E-state index contributed by atoms with van der Waals surface area (Å²) < 4.78 is 14.1. The number of aryl methyl sites for hydroxylation is 1. The number of amides is 1. The highest BCUT2D eigenvalue weighted by Crippen LogP contribution is 2.36. The standard InChI is InChI=1S/C19H15ClFNOS/c20-17-14-9-8-12(21)10-16(14)24-18(17)19(23)22-15-7-3-5-11-4-1-2-6-13(11)15/h3,5,7-10H,1-2,4,6H2,(H,22,23).